The standard InChI is InChI=1S/C22H25N7/c1-25-14-18(13-24)19-12-21-26-9-11-29(21)22(27-19)17-4-2-3-10-28(15-17)20(7-8-23)16-5-6-16/h2,4,9,11-16,18,20,24H,3,5-7,10H2,1H3. The second-order valence-corrected chi connectivity index (χ2v) is 7.54. The van der Waals surface area contributed by atoms with Crippen LogP contribution >= 0.6 is 0 Å². The van der Waals surface area contributed by atoms with Crippen LogP contribution in [0.5, 0.6) is 0 Å². The molecule has 2 unspecified atom stereocenters. The number of rotatable bonds is 7. The van der Waals surface area contributed by atoms with Crippen LogP contribution in [0.25, 0.3) is 11.2 Å². The molecule has 4 rings (SSSR count). The monoisotopic (exact) mass is 387 g/mol. The Bertz CT molecular complexity index is 1020. The zero-order chi connectivity index (χ0) is 20.2. The Morgan fingerprint density at radius 2 is 2.31 bits per heavy atom. The highest BCUT2D eigenvalue weighted by Crippen LogP contribution is 2.38. The Morgan fingerprint density at radius 1 is 1.45 bits per heavy atom. The number of aliphatic imine (C=N–C) groups is 1. The Labute approximate surface area is 170 Å². The fourth-order valence-electron chi connectivity index (χ4n) is 3.92. The number of hydrogen-bond donors (Lipinski definition) is 1. The molecule has 1 saturated carbocycles. The molecule has 1 fully saturated rings. The van der Waals surface area contributed by atoms with Gasteiger partial charge in [0.15, 0.2) is 0 Å². The second-order valence-electron chi connectivity index (χ2n) is 7.54. The molecular weight excluding hydrogens is 362 g/mol. The van der Waals surface area contributed by atoms with Gasteiger partial charge in [0.1, 0.15) is 11.5 Å². The van der Waals surface area contributed by atoms with Gasteiger partial charge in [-0.15, -0.1) is 0 Å². The molecule has 29 heavy (non-hydrogen) atoms. The van der Waals surface area contributed by atoms with E-state index in [0.717, 1.165) is 35.7 Å². The van der Waals surface area contributed by atoms with Gasteiger partial charge >= 0.3 is 0 Å². The molecule has 0 saturated heterocycles. The van der Waals surface area contributed by atoms with E-state index in [4.69, 9.17) is 10.4 Å². The van der Waals surface area contributed by atoms with Crippen molar-refractivity contribution < 1.29 is 0 Å². The lowest BCUT2D eigenvalue weighted by Gasteiger charge is -2.29. The molecule has 0 amide bonds. The summed E-state index contributed by atoms with van der Waals surface area (Å²) in [6.07, 6.45) is 17.1. The predicted molar refractivity (Wildman–Crippen MR) is 114 cm³/mol. The number of imidazole rings is 1. The van der Waals surface area contributed by atoms with E-state index in [1.807, 2.05) is 16.7 Å². The highest BCUT2D eigenvalue weighted by atomic mass is 15.2. The lowest BCUT2D eigenvalue weighted by Crippen LogP contribution is -2.33. The summed E-state index contributed by atoms with van der Waals surface area (Å²) in [4.78, 5) is 15.8. The highest BCUT2D eigenvalue weighted by Gasteiger charge is 2.34. The first-order chi connectivity index (χ1) is 14.2. The zero-order valence-corrected chi connectivity index (χ0v) is 16.6. The molecule has 0 radical (unpaired) electrons. The molecule has 3 heterocycles. The molecule has 0 bridgehead atoms. The largest absolute Gasteiger partial charge is 0.372 e. The van der Waals surface area contributed by atoms with Crippen LogP contribution in [0.3, 0.4) is 0 Å². The third-order valence-corrected chi connectivity index (χ3v) is 5.55. The van der Waals surface area contributed by atoms with E-state index in [9.17, 15) is 5.26 Å². The molecule has 0 aromatic carbocycles. The van der Waals surface area contributed by atoms with Gasteiger partial charge in [0.2, 0.25) is 0 Å². The Hall–Kier alpha value is -3.27. The number of nitriles is 1. The minimum atomic E-state index is -0.287. The average Bonchev–Trinajstić information content (AvgIpc) is 3.51. The van der Waals surface area contributed by atoms with Crippen molar-refractivity contribution in [2.45, 2.75) is 37.6 Å². The minimum Gasteiger partial charge on any atom is -0.372 e. The van der Waals surface area contributed by atoms with E-state index < -0.39 is 0 Å². The van der Waals surface area contributed by atoms with Gasteiger partial charge in [0.25, 0.3) is 0 Å². The maximum atomic E-state index is 9.31. The van der Waals surface area contributed by atoms with Crippen LogP contribution in [0.4, 0.5) is 0 Å². The van der Waals surface area contributed by atoms with Crippen LogP contribution in [-0.4, -0.2) is 51.3 Å². The number of nitrogens with zero attached hydrogens (tertiary/aromatic N) is 6. The number of nitrogens with one attached hydrogen (secondary N) is 1. The van der Waals surface area contributed by atoms with Crippen LogP contribution in [0.1, 0.15) is 43.1 Å². The molecule has 148 valence electrons. The quantitative estimate of drug-likeness (QED) is 0.736. The van der Waals surface area contributed by atoms with Crippen molar-refractivity contribution in [2.75, 3.05) is 13.6 Å². The third-order valence-electron chi connectivity index (χ3n) is 5.55. The van der Waals surface area contributed by atoms with Crippen LogP contribution in [0.15, 0.2) is 41.8 Å². The van der Waals surface area contributed by atoms with E-state index in [1.54, 1.807) is 19.5 Å². The summed E-state index contributed by atoms with van der Waals surface area (Å²) in [6, 6.07) is 4.54. The van der Waals surface area contributed by atoms with Crippen molar-refractivity contribution in [2.24, 2.45) is 10.9 Å². The summed E-state index contributed by atoms with van der Waals surface area (Å²) < 4.78 is 1.98. The van der Waals surface area contributed by atoms with E-state index in [0.29, 0.717) is 12.3 Å². The smallest absolute Gasteiger partial charge is 0.147 e. The summed E-state index contributed by atoms with van der Waals surface area (Å²) >= 11 is 0. The van der Waals surface area contributed by atoms with Crippen molar-refractivity contribution in [3.63, 3.8) is 0 Å². The number of allylic oxidation sites excluding steroid dienone is 2. The van der Waals surface area contributed by atoms with Crippen molar-refractivity contribution in [1.82, 2.24) is 19.3 Å². The molecule has 1 aliphatic carbocycles. The van der Waals surface area contributed by atoms with Gasteiger partial charge in [-0.25, -0.2) is 9.97 Å². The zero-order valence-electron chi connectivity index (χ0n) is 16.6. The molecule has 0 spiro atoms. The normalized spacial score (nSPS) is 19.0. The summed E-state index contributed by atoms with van der Waals surface area (Å²) in [5.74, 6) is 1.12. The molecule has 2 aromatic rings. The Morgan fingerprint density at radius 3 is 3.03 bits per heavy atom. The van der Waals surface area contributed by atoms with Crippen molar-refractivity contribution >= 4 is 23.6 Å². The highest BCUT2D eigenvalue weighted by molar-refractivity contribution is 5.89. The van der Waals surface area contributed by atoms with Gasteiger partial charge in [-0.1, -0.05) is 12.2 Å². The average molecular weight is 387 g/mol. The van der Waals surface area contributed by atoms with Crippen LogP contribution in [0, 0.1) is 22.7 Å². The van der Waals surface area contributed by atoms with Crippen LogP contribution in [0.2, 0.25) is 0 Å². The first kappa shape index (κ1) is 19.1. The van der Waals surface area contributed by atoms with Gasteiger partial charge < -0.3 is 10.3 Å². The predicted octanol–water partition coefficient (Wildman–Crippen LogP) is 3.46. The van der Waals surface area contributed by atoms with Gasteiger partial charge in [-0.2, -0.15) is 5.26 Å². The number of aromatic nitrogens is 3. The van der Waals surface area contributed by atoms with E-state index in [2.05, 4.69) is 39.3 Å². The fourth-order valence-corrected chi connectivity index (χ4v) is 3.92. The number of fused-ring (bicyclic) bond motifs is 1. The van der Waals surface area contributed by atoms with Gasteiger partial charge in [0, 0.05) is 62.3 Å². The maximum Gasteiger partial charge on any atom is 0.147 e. The van der Waals surface area contributed by atoms with Crippen molar-refractivity contribution in [3.8, 4) is 6.07 Å². The van der Waals surface area contributed by atoms with Crippen LogP contribution < -0.4 is 0 Å². The lowest BCUT2D eigenvalue weighted by molar-refractivity contribution is 0.258. The molecular formula is C22H25N7. The molecule has 1 aliphatic heterocycles. The summed E-state index contributed by atoms with van der Waals surface area (Å²) in [6.45, 7) is 0.904. The Balaban J connectivity index is 1.79. The Kier molecular flexibility index (Phi) is 5.52. The summed E-state index contributed by atoms with van der Waals surface area (Å²) in [5.41, 5.74) is 2.54. The second kappa shape index (κ2) is 8.39. The maximum absolute atomic E-state index is 9.31. The van der Waals surface area contributed by atoms with Gasteiger partial charge in [0.05, 0.1) is 24.1 Å². The molecule has 2 aromatic heterocycles. The first-order valence-electron chi connectivity index (χ1n) is 10.0. The van der Waals surface area contributed by atoms with E-state index >= 15 is 0 Å². The van der Waals surface area contributed by atoms with Crippen molar-refractivity contribution in [1.29, 1.82) is 10.7 Å². The topological polar surface area (TPSA) is 93.4 Å². The molecule has 2 aliphatic rings. The first-order valence-corrected chi connectivity index (χ1v) is 10.0. The number of hydrogen-bond acceptors (Lipinski definition) is 6. The molecule has 7 nitrogen and oxygen atoms in total. The minimum absolute atomic E-state index is 0.262. The lowest BCUT2D eigenvalue weighted by atomic mass is 10.1. The summed E-state index contributed by atoms with van der Waals surface area (Å²) in [5, 5.41) is 17.1. The van der Waals surface area contributed by atoms with Gasteiger partial charge in [-0.05, 0) is 25.2 Å². The molecule has 7 heteroatoms. The molecule has 2 atom stereocenters. The van der Waals surface area contributed by atoms with E-state index in [1.165, 1.54) is 19.1 Å². The van der Waals surface area contributed by atoms with Crippen molar-refractivity contribution in [3.05, 3.63) is 48.3 Å². The SMILES string of the molecule is CN=CC(C=N)c1cc2nccn2c(C2=CN(C(CC#N)C3CC3)CCC=C2)n1. The van der Waals surface area contributed by atoms with Gasteiger partial charge in [-0.3, -0.25) is 9.39 Å². The van der Waals surface area contributed by atoms with Crippen LogP contribution in [-0.2, 0) is 0 Å². The molecule has 1 N–H and O–H groups in total. The van der Waals surface area contributed by atoms with E-state index in [-0.39, 0.29) is 12.0 Å². The third kappa shape index (κ3) is 3.97. The summed E-state index contributed by atoms with van der Waals surface area (Å²) in [7, 11) is 1.70. The fraction of sp³-hybridized carbons (Fsp3) is 0.409.